The first-order chi connectivity index (χ1) is 11.5. The molecule has 0 radical (unpaired) electrons. The highest BCUT2D eigenvalue weighted by Gasteiger charge is 2.18. The lowest BCUT2D eigenvalue weighted by Gasteiger charge is -2.09. The summed E-state index contributed by atoms with van der Waals surface area (Å²) in [6.45, 7) is 5.73. The Morgan fingerprint density at radius 3 is 2.88 bits per heavy atom. The Hall–Kier alpha value is -2.54. The molecular formula is C17H16N2O4S. The van der Waals surface area contributed by atoms with Gasteiger partial charge in [-0.3, -0.25) is 0 Å². The fourth-order valence-electron chi connectivity index (χ4n) is 2.45. The van der Waals surface area contributed by atoms with E-state index in [0.29, 0.717) is 28.1 Å². The Bertz CT molecular complexity index is 974. The minimum Gasteiger partial charge on any atom is -0.457 e. The van der Waals surface area contributed by atoms with E-state index >= 15 is 0 Å². The van der Waals surface area contributed by atoms with Crippen LogP contribution >= 0.6 is 11.5 Å². The lowest BCUT2D eigenvalue weighted by atomic mass is 10.0. The number of hydrogen-bond donors (Lipinski definition) is 0. The largest absolute Gasteiger partial charge is 0.457 e. The summed E-state index contributed by atoms with van der Waals surface area (Å²) in [7, 11) is 0. The molecule has 0 N–H and O–H groups in total. The molecule has 6 nitrogen and oxygen atoms in total. The summed E-state index contributed by atoms with van der Waals surface area (Å²) in [6.07, 6.45) is 0.608. The van der Waals surface area contributed by atoms with Crippen molar-refractivity contribution in [1.29, 1.82) is 0 Å². The van der Waals surface area contributed by atoms with Gasteiger partial charge in [-0.05, 0) is 42.9 Å². The number of hydrogen-bond acceptors (Lipinski definition) is 7. The van der Waals surface area contributed by atoms with Gasteiger partial charge in [-0.25, -0.2) is 9.59 Å². The number of aromatic nitrogens is 2. The Morgan fingerprint density at radius 2 is 2.12 bits per heavy atom. The summed E-state index contributed by atoms with van der Waals surface area (Å²) < 4.78 is 14.5. The van der Waals surface area contributed by atoms with Crippen LogP contribution in [0.3, 0.4) is 0 Å². The van der Waals surface area contributed by atoms with Gasteiger partial charge in [0.15, 0.2) is 4.88 Å². The second-order valence-electron chi connectivity index (χ2n) is 5.45. The lowest BCUT2D eigenvalue weighted by Crippen LogP contribution is -2.09. The fourth-order valence-corrected chi connectivity index (χ4v) is 3.09. The molecule has 0 saturated heterocycles. The highest BCUT2D eigenvalue weighted by Crippen LogP contribution is 2.24. The predicted octanol–water partition coefficient (Wildman–Crippen LogP) is 3.18. The molecule has 0 saturated carbocycles. The van der Waals surface area contributed by atoms with Gasteiger partial charge in [0, 0.05) is 17.0 Å². The number of esters is 1. The van der Waals surface area contributed by atoms with Crippen molar-refractivity contribution in [2.45, 2.75) is 33.8 Å². The van der Waals surface area contributed by atoms with Crippen LogP contribution in [-0.4, -0.2) is 15.6 Å². The standard InChI is InChI=1S/C17H16N2O4S/c1-4-13-16(24-19-18-13)17(21)22-8-11-7-14(20)23-15-10(3)9(2)5-6-12(11)15/h5-7H,4,8H2,1-3H3. The smallest absolute Gasteiger partial charge is 0.352 e. The van der Waals surface area contributed by atoms with E-state index < -0.39 is 11.6 Å². The van der Waals surface area contributed by atoms with Crippen molar-refractivity contribution in [3.05, 3.63) is 55.9 Å². The topological polar surface area (TPSA) is 82.3 Å². The zero-order valence-corrected chi connectivity index (χ0v) is 14.4. The van der Waals surface area contributed by atoms with Gasteiger partial charge in [-0.2, -0.15) is 0 Å². The van der Waals surface area contributed by atoms with Crippen LogP contribution < -0.4 is 5.63 Å². The predicted molar refractivity (Wildman–Crippen MR) is 90.4 cm³/mol. The van der Waals surface area contributed by atoms with Gasteiger partial charge < -0.3 is 9.15 Å². The van der Waals surface area contributed by atoms with Crippen LogP contribution in [0, 0.1) is 13.8 Å². The Kier molecular flexibility index (Phi) is 4.44. The maximum Gasteiger partial charge on any atom is 0.352 e. The molecule has 0 bridgehead atoms. The third kappa shape index (κ3) is 2.94. The van der Waals surface area contributed by atoms with Gasteiger partial charge in [0.2, 0.25) is 0 Å². The van der Waals surface area contributed by atoms with Crippen LogP contribution in [0.2, 0.25) is 0 Å². The number of rotatable bonds is 4. The minimum atomic E-state index is -0.480. The summed E-state index contributed by atoms with van der Waals surface area (Å²) in [6, 6.07) is 5.18. The van der Waals surface area contributed by atoms with Crippen LogP contribution in [0.1, 0.15) is 39.0 Å². The first-order valence-corrected chi connectivity index (χ1v) is 8.30. The summed E-state index contributed by atoms with van der Waals surface area (Å²) in [5, 5.41) is 4.67. The maximum absolute atomic E-state index is 12.2. The molecule has 0 aliphatic carbocycles. The first-order valence-electron chi connectivity index (χ1n) is 7.52. The quantitative estimate of drug-likeness (QED) is 0.534. The van der Waals surface area contributed by atoms with E-state index in [2.05, 4.69) is 9.59 Å². The highest BCUT2D eigenvalue weighted by atomic mass is 32.1. The van der Waals surface area contributed by atoms with Gasteiger partial charge in [0.1, 0.15) is 12.2 Å². The molecule has 124 valence electrons. The summed E-state index contributed by atoms with van der Waals surface area (Å²) in [5.41, 5.74) is 3.24. The normalized spacial score (nSPS) is 11.0. The van der Waals surface area contributed by atoms with E-state index in [-0.39, 0.29) is 6.61 Å². The molecule has 0 spiro atoms. The molecule has 24 heavy (non-hydrogen) atoms. The average molecular weight is 344 g/mol. The van der Waals surface area contributed by atoms with E-state index in [1.807, 2.05) is 32.9 Å². The molecular weight excluding hydrogens is 328 g/mol. The summed E-state index contributed by atoms with van der Waals surface area (Å²) >= 11 is 1.01. The molecule has 0 atom stereocenters. The van der Waals surface area contributed by atoms with Crippen molar-refractivity contribution in [1.82, 2.24) is 9.59 Å². The summed E-state index contributed by atoms with van der Waals surface area (Å²) in [4.78, 5) is 24.4. The van der Waals surface area contributed by atoms with E-state index in [1.54, 1.807) is 0 Å². The Morgan fingerprint density at radius 1 is 1.33 bits per heavy atom. The lowest BCUT2D eigenvalue weighted by molar-refractivity contribution is 0.0478. The van der Waals surface area contributed by atoms with Crippen LogP contribution in [-0.2, 0) is 17.8 Å². The third-order valence-electron chi connectivity index (χ3n) is 3.95. The van der Waals surface area contributed by atoms with E-state index in [4.69, 9.17) is 9.15 Å². The van der Waals surface area contributed by atoms with E-state index in [9.17, 15) is 9.59 Å². The average Bonchev–Trinajstić information content (AvgIpc) is 3.05. The number of carbonyl (C=O) groups excluding carboxylic acids is 1. The fraction of sp³-hybridized carbons (Fsp3) is 0.294. The van der Waals surface area contributed by atoms with Crippen LogP contribution in [0.25, 0.3) is 11.0 Å². The molecule has 0 amide bonds. The van der Waals surface area contributed by atoms with Crippen LogP contribution in [0.15, 0.2) is 27.4 Å². The molecule has 3 aromatic rings. The zero-order valence-electron chi connectivity index (χ0n) is 13.6. The maximum atomic E-state index is 12.2. The highest BCUT2D eigenvalue weighted by molar-refractivity contribution is 7.07. The third-order valence-corrected chi connectivity index (χ3v) is 4.70. The molecule has 0 fully saturated rings. The van der Waals surface area contributed by atoms with Crippen molar-refractivity contribution in [3.8, 4) is 0 Å². The second-order valence-corrected chi connectivity index (χ2v) is 6.21. The van der Waals surface area contributed by atoms with Crippen molar-refractivity contribution >= 4 is 28.5 Å². The molecule has 3 rings (SSSR count). The monoisotopic (exact) mass is 344 g/mol. The molecule has 7 heteroatoms. The van der Waals surface area contributed by atoms with E-state index in [1.165, 1.54) is 6.07 Å². The Labute approximate surface area is 142 Å². The number of ether oxygens (including phenoxy) is 1. The van der Waals surface area contributed by atoms with Crippen molar-refractivity contribution in [2.75, 3.05) is 0 Å². The molecule has 1 aromatic carbocycles. The van der Waals surface area contributed by atoms with Crippen molar-refractivity contribution < 1.29 is 13.9 Å². The molecule has 2 heterocycles. The van der Waals surface area contributed by atoms with Crippen LogP contribution in [0.4, 0.5) is 0 Å². The van der Waals surface area contributed by atoms with Gasteiger partial charge in [0.25, 0.3) is 0 Å². The summed E-state index contributed by atoms with van der Waals surface area (Å²) in [5.74, 6) is -0.480. The number of fused-ring (bicyclic) bond motifs is 1. The number of nitrogens with zero attached hydrogens (tertiary/aromatic N) is 2. The zero-order chi connectivity index (χ0) is 17.3. The van der Waals surface area contributed by atoms with E-state index in [0.717, 1.165) is 28.0 Å². The number of carbonyl (C=O) groups is 1. The Balaban J connectivity index is 1.92. The van der Waals surface area contributed by atoms with Gasteiger partial charge in [-0.15, -0.1) is 5.10 Å². The molecule has 2 aromatic heterocycles. The number of benzene rings is 1. The number of aryl methyl sites for hydroxylation is 3. The molecule has 0 aliphatic rings. The van der Waals surface area contributed by atoms with Crippen molar-refractivity contribution in [2.24, 2.45) is 0 Å². The van der Waals surface area contributed by atoms with Crippen molar-refractivity contribution in [3.63, 3.8) is 0 Å². The SMILES string of the molecule is CCc1nnsc1C(=O)OCc1cc(=O)oc2c(C)c(C)ccc12. The first kappa shape index (κ1) is 16.3. The van der Waals surface area contributed by atoms with Gasteiger partial charge in [-0.1, -0.05) is 23.5 Å². The van der Waals surface area contributed by atoms with Gasteiger partial charge in [0.05, 0.1) is 5.69 Å². The minimum absolute atomic E-state index is 0.00944. The second kappa shape index (κ2) is 6.52. The molecule has 0 aliphatic heterocycles. The van der Waals surface area contributed by atoms with Crippen LogP contribution in [0.5, 0.6) is 0 Å². The van der Waals surface area contributed by atoms with Gasteiger partial charge >= 0.3 is 11.6 Å². The molecule has 0 unspecified atom stereocenters.